The summed E-state index contributed by atoms with van der Waals surface area (Å²) in [4.78, 5) is 17.3. The van der Waals surface area contributed by atoms with Crippen LogP contribution in [-0.4, -0.2) is 62.0 Å². The second kappa shape index (κ2) is 7.75. The van der Waals surface area contributed by atoms with Crippen LogP contribution in [-0.2, 0) is 0 Å². The molecule has 1 aromatic rings. The van der Waals surface area contributed by atoms with E-state index in [0.717, 1.165) is 49.6 Å². The molecule has 0 bridgehead atoms. The molecule has 122 valence electrons. The van der Waals surface area contributed by atoms with Crippen LogP contribution in [0.2, 0.25) is 0 Å². The average Bonchev–Trinajstić information content (AvgIpc) is 2.50. The zero-order valence-corrected chi connectivity index (χ0v) is 14.3. The van der Waals surface area contributed by atoms with Crippen molar-refractivity contribution >= 4 is 5.78 Å². The molecule has 0 unspecified atom stereocenters. The molecule has 1 aromatic carbocycles. The summed E-state index contributed by atoms with van der Waals surface area (Å²) in [6.07, 6.45) is 0.562. The molecule has 0 N–H and O–H groups in total. The number of hydrogen-bond donors (Lipinski definition) is 0. The Bertz CT molecular complexity index is 520. The van der Waals surface area contributed by atoms with Crippen molar-refractivity contribution in [2.24, 2.45) is 0 Å². The normalized spacial score (nSPS) is 16.7. The van der Waals surface area contributed by atoms with Crippen molar-refractivity contribution < 1.29 is 9.53 Å². The highest BCUT2D eigenvalue weighted by Crippen LogP contribution is 2.25. The third kappa shape index (κ3) is 4.31. The largest absolute Gasteiger partial charge is 0.493 e. The Morgan fingerprint density at radius 3 is 2.41 bits per heavy atom. The molecule has 1 aliphatic heterocycles. The van der Waals surface area contributed by atoms with E-state index in [1.165, 1.54) is 5.56 Å². The lowest BCUT2D eigenvalue weighted by Gasteiger charge is -2.32. The van der Waals surface area contributed by atoms with E-state index in [4.69, 9.17) is 4.74 Å². The lowest BCUT2D eigenvalue weighted by atomic mass is 10.0. The fraction of sp³-hybridized carbons (Fsp3) is 0.611. The van der Waals surface area contributed by atoms with E-state index in [1.807, 2.05) is 26.0 Å². The number of ketones is 1. The maximum Gasteiger partial charge on any atom is 0.167 e. The van der Waals surface area contributed by atoms with Crippen LogP contribution < -0.4 is 4.74 Å². The number of carbonyl (C=O) groups excluding carboxylic acids is 1. The first kappa shape index (κ1) is 17.0. The molecule has 0 aromatic heterocycles. The van der Waals surface area contributed by atoms with Crippen LogP contribution in [0.1, 0.15) is 34.8 Å². The number of Topliss-reactive ketones (excluding diaryl/α,β-unsaturated/α-hetero) is 1. The molecular weight excluding hydrogens is 276 g/mol. The first-order chi connectivity index (χ1) is 10.5. The van der Waals surface area contributed by atoms with Crippen LogP contribution in [0.15, 0.2) is 12.1 Å². The Balaban J connectivity index is 2.01. The van der Waals surface area contributed by atoms with Gasteiger partial charge in [-0.15, -0.1) is 0 Å². The summed E-state index contributed by atoms with van der Waals surface area (Å²) >= 11 is 0. The van der Waals surface area contributed by atoms with Gasteiger partial charge >= 0.3 is 0 Å². The topological polar surface area (TPSA) is 32.8 Å². The van der Waals surface area contributed by atoms with Crippen molar-refractivity contribution in [3.8, 4) is 5.75 Å². The van der Waals surface area contributed by atoms with Gasteiger partial charge in [-0.2, -0.15) is 0 Å². The van der Waals surface area contributed by atoms with Crippen molar-refractivity contribution in [2.45, 2.75) is 27.2 Å². The summed E-state index contributed by atoms with van der Waals surface area (Å²) in [6.45, 7) is 11.7. The first-order valence-electron chi connectivity index (χ1n) is 8.19. The molecule has 4 nitrogen and oxygen atoms in total. The summed E-state index contributed by atoms with van der Waals surface area (Å²) in [7, 11) is 2.14. The van der Waals surface area contributed by atoms with Gasteiger partial charge in [0.2, 0.25) is 0 Å². The van der Waals surface area contributed by atoms with Gasteiger partial charge in [0.25, 0.3) is 0 Å². The van der Waals surface area contributed by atoms with Crippen molar-refractivity contribution in [3.63, 3.8) is 0 Å². The predicted octanol–water partition coefficient (Wildman–Crippen LogP) is 2.52. The zero-order chi connectivity index (χ0) is 16.1. The molecular formula is C18H28N2O2. The standard InChI is InChI=1S/C18H28N2O2/c1-5-22-18-13-15(3)14(2)12-16(18)17(21)6-7-20-10-8-19(4)9-11-20/h12-13H,5-11H2,1-4H3. The summed E-state index contributed by atoms with van der Waals surface area (Å²) in [5, 5.41) is 0. The Morgan fingerprint density at radius 1 is 1.14 bits per heavy atom. The Morgan fingerprint density at radius 2 is 1.77 bits per heavy atom. The minimum atomic E-state index is 0.186. The second-order valence-electron chi connectivity index (χ2n) is 6.18. The quantitative estimate of drug-likeness (QED) is 0.756. The van der Waals surface area contributed by atoms with Crippen molar-refractivity contribution in [1.82, 2.24) is 9.80 Å². The number of piperazine rings is 1. The molecule has 0 aliphatic carbocycles. The van der Waals surface area contributed by atoms with Crippen LogP contribution in [0.25, 0.3) is 0 Å². The third-order valence-corrected chi connectivity index (χ3v) is 4.45. The van der Waals surface area contributed by atoms with Gasteiger partial charge in [-0.3, -0.25) is 4.79 Å². The number of ether oxygens (including phenoxy) is 1. The van der Waals surface area contributed by atoms with E-state index in [2.05, 4.69) is 23.8 Å². The van der Waals surface area contributed by atoms with Crippen molar-refractivity contribution in [2.75, 3.05) is 46.4 Å². The van der Waals surface area contributed by atoms with Crippen LogP contribution in [0.4, 0.5) is 0 Å². The Hall–Kier alpha value is -1.39. The number of hydrogen-bond acceptors (Lipinski definition) is 4. The molecule has 1 saturated heterocycles. The third-order valence-electron chi connectivity index (χ3n) is 4.45. The lowest BCUT2D eigenvalue weighted by Crippen LogP contribution is -2.45. The molecule has 0 amide bonds. The fourth-order valence-corrected chi connectivity index (χ4v) is 2.75. The minimum Gasteiger partial charge on any atom is -0.493 e. The molecule has 0 saturated carbocycles. The second-order valence-corrected chi connectivity index (χ2v) is 6.18. The predicted molar refractivity (Wildman–Crippen MR) is 90.0 cm³/mol. The fourth-order valence-electron chi connectivity index (χ4n) is 2.75. The highest BCUT2D eigenvalue weighted by atomic mass is 16.5. The van der Waals surface area contributed by atoms with Crippen LogP contribution in [0.5, 0.6) is 5.75 Å². The van der Waals surface area contributed by atoms with Gasteiger partial charge in [-0.1, -0.05) is 0 Å². The van der Waals surface area contributed by atoms with Gasteiger partial charge in [0.1, 0.15) is 5.75 Å². The molecule has 0 spiro atoms. The van der Waals surface area contributed by atoms with Crippen molar-refractivity contribution in [1.29, 1.82) is 0 Å². The van der Waals surface area contributed by atoms with E-state index < -0.39 is 0 Å². The highest BCUT2D eigenvalue weighted by molar-refractivity contribution is 5.99. The number of benzene rings is 1. The number of carbonyl (C=O) groups is 1. The van der Waals surface area contributed by atoms with Gasteiger partial charge in [0.05, 0.1) is 12.2 Å². The minimum absolute atomic E-state index is 0.186. The number of likely N-dealkylation sites (N-methyl/N-ethyl adjacent to an activating group) is 1. The molecule has 2 rings (SSSR count). The summed E-state index contributed by atoms with van der Waals surface area (Å²) in [5.74, 6) is 0.916. The summed E-state index contributed by atoms with van der Waals surface area (Å²) < 4.78 is 5.66. The molecule has 1 fully saturated rings. The highest BCUT2D eigenvalue weighted by Gasteiger charge is 2.18. The number of aryl methyl sites for hydroxylation is 2. The smallest absolute Gasteiger partial charge is 0.167 e. The zero-order valence-electron chi connectivity index (χ0n) is 14.3. The van der Waals surface area contributed by atoms with E-state index in [0.29, 0.717) is 13.0 Å². The molecule has 0 atom stereocenters. The maximum atomic E-state index is 12.6. The number of rotatable bonds is 6. The van der Waals surface area contributed by atoms with E-state index in [9.17, 15) is 4.79 Å². The Kier molecular flexibility index (Phi) is 5.98. The monoisotopic (exact) mass is 304 g/mol. The summed E-state index contributed by atoms with van der Waals surface area (Å²) in [6, 6.07) is 3.97. The van der Waals surface area contributed by atoms with E-state index in [1.54, 1.807) is 0 Å². The van der Waals surface area contributed by atoms with Crippen LogP contribution in [0.3, 0.4) is 0 Å². The molecule has 1 heterocycles. The molecule has 1 aliphatic rings. The van der Waals surface area contributed by atoms with Gasteiger partial charge in [-0.25, -0.2) is 0 Å². The van der Waals surface area contributed by atoms with Gasteiger partial charge in [-0.05, 0) is 51.1 Å². The first-order valence-corrected chi connectivity index (χ1v) is 8.19. The van der Waals surface area contributed by atoms with Crippen LogP contribution in [0, 0.1) is 13.8 Å². The Labute approximate surface area is 134 Å². The maximum absolute atomic E-state index is 12.6. The van der Waals surface area contributed by atoms with Gasteiger partial charge in [0, 0.05) is 39.1 Å². The molecule has 22 heavy (non-hydrogen) atoms. The molecule has 0 radical (unpaired) electrons. The average molecular weight is 304 g/mol. The molecule has 4 heteroatoms. The van der Waals surface area contributed by atoms with E-state index >= 15 is 0 Å². The lowest BCUT2D eigenvalue weighted by molar-refractivity contribution is 0.0938. The van der Waals surface area contributed by atoms with Gasteiger partial charge in [0.15, 0.2) is 5.78 Å². The van der Waals surface area contributed by atoms with E-state index in [-0.39, 0.29) is 5.78 Å². The number of nitrogens with zero attached hydrogens (tertiary/aromatic N) is 2. The van der Waals surface area contributed by atoms with Gasteiger partial charge < -0.3 is 14.5 Å². The van der Waals surface area contributed by atoms with Crippen molar-refractivity contribution in [3.05, 3.63) is 28.8 Å². The summed E-state index contributed by atoms with van der Waals surface area (Å²) in [5.41, 5.74) is 3.05. The SMILES string of the molecule is CCOc1cc(C)c(C)cc1C(=O)CCN1CCN(C)CC1. The van der Waals surface area contributed by atoms with Crippen LogP contribution >= 0.6 is 0 Å².